The Hall–Kier alpha value is -0.690. The van der Waals surface area contributed by atoms with E-state index < -0.39 is 5.97 Å². The first-order chi connectivity index (χ1) is 7.09. The zero-order chi connectivity index (χ0) is 11.3. The van der Waals surface area contributed by atoms with Crippen LogP contribution in [0.15, 0.2) is 0 Å². The Morgan fingerprint density at radius 1 is 1.53 bits per heavy atom. The highest BCUT2D eigenvalue weighted by molar-refractivity contribution is 8.14. The zero-order valence-electron chi connectivity index (χ0n) is 7.89. The van der Waals surface area contributed by atoms with Crippen molar-refractivity contribution < 1.29 is 19.5 Å². The summed E-state index contributed by atoms with van der Waals surface area (Å²) in [4.78, 5) is 32.5. The Labute approximate surface area is 95.4 Å². The van der Waals surface area contributed by atoms with Gasteiger partial charge in [0.05, 0.1) is 17.5 Å². The monoisotopic (exact) mass is 253 g/mol. The van der Waals surface area contributed by atoms with Gasteiger partial charge in [0.2, 0.25) is 11.0 Å². The summed E-state index contributed by atoms with van der Waals surface area (Å²) in [5, 5.41) is 10.9. The maximum Gasteiger partial charge on any atom is 0.313 e. The van der Waals surface area contributed by atoms with Crippen molar-refractivity contribution in [2.45, 2.75) is 12.5 Å². The molecule has 1 heterocycles. The molecule has 0 spiro atoms. The van der Waals surface area contributed by atoms with E-state index in [0.717, 1.165) is 17.5 Å². The Kier molecular flexibility index (Phi) is 4.97. The van der Waals surface area contributed by atoms with E-state index in [-0.39, 0.29) is 28.6 Å². The largest absolute Gasteiger partial charge is 0.481 e. The van der Waals surface area contributed by atoms with Gasteiger partial charge in [0, 0.05) is 5.75 Å². The smallest absolute Gasteiger partial charge is 0.313 e. The molecular formula is C8H11NO4S2. The number of carbonyl (C=O) groups is 3. The van der Waals surface area contributed by atoms with E-state index in [1.807, 2.05) is 0 Å². The number of nitrogens with one attached hydrogen (secondary N) is 1. The molecule has 1 atom stereocenters. The standard InChI is InChI=1S/C8H11NO4S2/c10-6(3-14-4-7(11)12)9-5-1-2-15-8(5)13/h5H,1-4H2,(H,9,10)(H,11,12)/i3+1,4+1,6+1,7+1. The van der Waals surface area contributed by atoms with Crippen LogP contribution in [-0.2, 0) is 14.4 Å². The number of carboxylic acids is 1. The maximum atomic E-state index is 11.2. The minimum absolute atomic E-state index is 0.00779. The van der Waals surface area contributed by atoms with E-state index in [1.165, 1.54) is 11.8 Å². The molecule has 5 nitrogen and oxygen atoms in total. The summed E-state index contributed by atoms with van der Waals surface area (Å²) in [6, 6.07) is -0.382. The predicted molar refractivity (Wildman–Crippen MR) is 59.0 cm³/mol. The molecule has 0 aromatic rings. The van der Waals surface area contributed by atoms with Crippen molar-refractivity contribution in [1.29, 1.82) is 0 Å². The molecule has 1 unspecified atom stereocenters. The van der Waals surface area contributed by atoms with E-state index in [1.54, 1.807) is 0 Å². The predicted octanol–water partition coefficient (Wildman–Crippen LogP) is -0.0475. The van der Waals surface area contributed by atoms with E-state index in [2.05, 4.69) is 5.32 Å². The molecule has 1 fully saturated rings. The summed E-state index contributed by atoms with van der Waals surface area (Å²) in [5.74, 6) is -0.490. The summed E-state index contributed by atoms with van der Waals surface area (Å²) in [5.41, 5.74) is 0. The molecule has 84 valence electrons. The van der Waals surface area contributed by atoms with Crippen LogP contribution in [0.2, 0.25) is 0 Å². The van der Waals surface area contributed by atoms with Gasteiger partial charge < -0.3 is 10.4 Å². The first kappa shape index (κ1) is 12.4. The Morgan fingerprint density at radius 2 is 2.27 bits per heavy atom. The second-order valence-corrected chi connectivity index (χ2v) is 5.05. The first-order valence-corrected chi connectivity index (χ1v) is 6.49. The lowest BCUT2D eigenvalue weighted by Crippen LogP contribution is -2.38. The summed E-state index contributed by atoms with van der Waals surface area (Å²) < 4.78 is 0. The summed E-state index contributed by atoms with van der Waals surface area (Å²) >= 11 is 2.25. The fraction of sp³-hybridized carbons (Fsp3) is 0.625. The maximum absolute atomic E-state index is 11.2. The van der Waals surface area contributed by atoms with Gasteiger partial charge in [-0.1, -0.05) is 11.8 Å². The molecule has 2 N–H and O–H groups in total. The van der Waals surface area contributed by atoms with Crippen molar-refractivity contribution in [3.63, 3.8) is 0 Å². The lowest BCUT2D eigenvalue weighted by molar-refractivity contribution is -0.133. The van der Waals surface area contributed by atoms with Crippen molar-refractivity contribution in [2.75, 3.05) is 17.3 Å². The molecule has 0 aromatic carbocycles. The van der Waals surface area contributed by atoms with E-state index in [0.29, 0.717) is 6.42 Å². The fourth-order valence-corrected chi connectivity index (χ4v) is 2.57. The third kappa shape index (κ3) is 4.57. The number of hydrogen-bond acceptors (Lipinski definition) is 5. The third-order valence-corrected chi connectivity index (χ3v) is 3.66. The van der Waals surface area contributed by atoms with Gasteiger partial charge in [0.25, 0.3) is 0 Å². The molecule has 1 amide bonds. The van der Waals surface area contributed by atoms with Crippen LogP contribution in [0.25, 0.3) is 0 Å². The third-order valence-electron chi connectivity index (χ3n) is 1.73. The van der Waals surface area contributed by atoms with Crippen LogP contribution in [0.3, 0.4) is 0 Å². The molecule has 7 heteroatoms. The summed E-state index contributed by atoms with van der Waals surface area (Å²) in [7, 11) is 0. The van der Waals surface area contributed by atoms with Crippen LogP contribution in [-0.4, -0.2) is 45.4 Å². The lowest BCUT2D eigenvalue weighted by Gasteiger charge is -2.08. The zero-order valence-corrected chi connectivity index (χ0v) is 9.53. The highest BCUT2D eigenvalue weighted by atomic mass is 32.2. The van der Waals surface area contributed by atoms with E-state index in [4.69, 9.17) is 5.11 Å². The van der Waals surface area contributed by atoms with Gasteiger partial charge >= 0.3 is 5.97 Å². The fourth-order valence-electron chi connectivity index (χ4n) is 1.09. The molecule has 0 saturated carbocycles. The van der Waals surface area contributed by atoms with Crippen molar-refractivity contribution in [3.05, 3.63) is 0 Å². The molecule has 0 radical (unpaired) electrons. The Morgan fingerprint density at radius 3 is 2.80 bits per heavy atom. The molecule has 0 aliphatic carbocycles. The SMILES string of the molecule is O=C1SCCC1N[13C](=O)[13CH2]S[13CH2][13C](=O)O. The van der Waals surface area contributed by atoms with Crippen molar-refractivity contribution in [3.8, 4) is 0 Å². The van der Waals surface area contributed by atoms with Crippen LogP contribution in [0.4, 0.5) is 0 Å². The Balaban J connectivity index is 2.18. The van der Waals surface area contributed by atoms with Gasteiger partial charge in [0.1, 0.15) is 0 Å². The van der Waals surface area contributed by atoms with Crippen LogP contribution >= 0.6 is 23.5 Å². The molecule has 15 heavy (non-hydrogen) atoms. The van der Waals surface area contributed by atoms with Gasteiger partial charge in [-0.05, 0) is 6.42 Å². The second kappa shape index (κ2) is 6.02. The van der Waals surface area contributed by atoms with Gasteiger partial charge in [-0.2, -0.15) is 0 Å². The van der Waals surface area contributed by atoms with Crippen LogP contribution in [0, 0.1) is 0 Å². The number of aliphatic carboxylic acids is 1. The lowest BCUT2D eigenvalue weighted by atomic mass is 10.3. The normalized spacial score (nSPS) is 20.3. The quantitative estimate of drug-likeness (QED) is 0.668. The topological polar surface area (TPSA) is 83.5 Å². The van der Waals surface area contributed by atoms with Crippen LogP contribution in [0.1, 0.15) is 6.42 Å². The van der Waals surface area contributed by atoms with Crippen molar-refractivity contribution in [2.24, 2.45) is 0 Å². The average molecular weight is 253 g/mol. The molecule has 1 aliphatic rings. The van der Waals surface area contributed by atoms with Gasteiger partial charge in [-0.15, -0.1) is 11.8 Å². The molecular weight excluding hydrogens is 242 g/mol. The van der Waals surface area contributed by atoms with E-state index in [9.17, 15) is 14.4 Å². The molecule has 0 bridgehead atoms. The average Bonchev–Trinajstić information content (AvgIpc) is 2.51. The number of amides is 1. The number of hydrogen-bond donors (Lipinski definition) is 2. The highest BCUT2D eigenvalue weighted by Gasteiger charge is 2.26. The number of carbonyl (C=O) groups excluding carboxylic acids is 2. The van der Waals surface area contributed by atoms with Crippen molar-refractivity contribution in [1.82, 2.24) is 5.32 Å². The van der Waals surface area contributed by atoms with E-state index >= 15 is 0 Å². The second-order valence-electron chi connectivity index (χ2n) is 2.96. The number of carboxylic acid groups (broad SMARTS) is 1. The minimum Gasteiger partial charge on any atom is -0.481 e. The first-order valence-electron chi connectivity index (χ1n) is 4.35. The van der Waals surface area contributed by atoms with Gasteiger partial charge in [-0.25, -0.2) is 0 Å². The Bertz CT molecular complexity index is 282. The number of rotatable bonds is 5. The van der Waals surface area contributed by atoms with Crippen molar-refractivity contribution >= 4 is 40.5 Å². The van der Waals surface area contributed by atoms with Crippen LogP contribution in [0.5, 0.6) is 0 Å². The molecule has 0 aromatic heterocycles. The summed E-state index contributed by atoms with van der Waals surface area (Å²) in [6.07, 6.45) is 0.666. The molecule has 1 rings (SSSR count). The number of thioether (sulfide) groups is 2. The van der Waals surface area contributed by atoms with Crippen LogP contribution < -0.4 is 5.32 Å². The van der Waals surface area contributed by atoms with Gasteiger partial charge in [0.15, 0.2) is 0 Å². The summed E-state index contributed by atoms with van der Waals surface area (Å²) in [6.45, 7) is 0. The molecule has 1 aliphatic heterocycles. The van der Waals surface area contributed by atoms with Gasteiger partial charge in [-0.3, -0.25) is 14.4 Å². The molecule has 1 saturated heterocycles. The highest BCUT2D eigenvalue weighted by Crippen LogP contribution is 2.19. The minimum atomic E-state index is -0.944.